The summed E-state index contributed by atoms with van der Waals surface area (Å²) in [6.07, 6.45) is 0. The van der Waals surface area contributed by atoms with E-state index in [1.807, 2.05) is 12.1 Å². The van der Waals surface area contributed by atoms with Crippen molar-refractivity contribution in [1.29, 1.82) is 0 Å². The Hall–Kier alpha value is -1.56. The van der Waals surface area contributed by atoms with Crippen molar-refractivity contribution in [3.63, 3.8) is 0 Å². The molecule has 0 aliphatic heterocycles. The summed E-state index contributed by atoms with van der Waals surface area (Å²) in [5, 5.41) is 20.8. The van der Waals surface area contributed by atoms with Crippen LogP contribution in [0.1, 0.15) is 5.82 Å². The maximum absolute atomic E-state index is 9.10. The highest BCUT2D eigenvalue weighted by Gasteiger charge is 2.01. The van der Waals surface area contributed by atoms with Gasteiger partial charge in [-0.25, -0.2) is 0 Å². The number of nitrogens with zero attached hydrogens (tertiary/aromatic N) is 4. The lowest BCUT2D eigenvalue weighted by molar-refractivity contribution is 0.475. The molecular weight excluding hydrogens is 212 g/mol. The minimum Gasteiger partial charge on any atom is -0.508 e. The third-order valence-corrected chi connectivity index (χ3v) is 2.76. The Balaban J connectivity index is 1.96. The van der Waals surface area contributed by atoms with Crippen molar-refractivity contribution in [2.45, 2.75) is 10.6 Å². The lowest BCUT2D eigenvalue weighted by Gasteiger charge is -1.97. The molecule has 2 aromatic rings. The second-order valence-electron chi connectivity index (χ2n) is 2.98. The van der Waals surface area contributed by atoms with Crippen LogP contribution in [0, 0.1) is 0 Å². The Bertz CT molecular complexity index is 440. The molecule has 0 aliphatic carbocycles. The number of tetrazole rings is 1. The Morgan fingerprint density at radius 2 is 2.07 bits per heavy atom. The molecule has 78 valence electrons. The molecule has 0 saturated heterocycles. The van der Waals surface area contributed by atoms with Gasteiger partial charge in [0, 0.05) is 4.90 Å². The summed E-state index contributed by atoms with van der Waals surface area (Å²) in [4.78, 5) is 2.51. The Morgan fingerprint density at radius 1 is 1.33 bits per heavy atom. The molecule has 0 atom stereocenters. The van der Waals surface area contributed by atoms with Crippen molar-refractivity contribution in [1.82, 2.24) is 20.2 Å². The van der Waals surface area contributed by atoms with E-state index in [4.69, 9.17) is 5.11 Å². The van der Waals surface area contributed by atoms with E-state index in [9.17, 15) is 0 Å². The van der Waals surface area contributed by atoms with Gasteiger partial charge in [-0.3, -0.25) is 0 Å². The summed E-state index contributed by atoms with van der Waals surface area (Å²) in [6.45, 7) is 0. The number of phenols is 1. The van der Waals surface area contributed by atoms with Crippen LogP contribution in [0.3, 0.4) is 0 Å². The van der Waals surface area contributed by atoms with Crippen molar-refractivity contribution in [2.24, 2.45) is 7.05 Å². The van der Waals surface area contributed by atoms with Gasteiger partial charge in [0.2, 0.25) is 0 Å². The quantitative estimate of drug-likeness (QED) is 0.791. The zero-order valence-electron chi connectivity index (χ0n) is 8.16. The van der Waals surface area contributed by atoms with Crippen LogP contribution in [-0.4, -0.2) is 25.3 Å². The van der Waals surface area contributed by atoms with Gasteiger partial charge in [-0.1, -0.05) is 0 Å². The van der Waals surface area contributed by atoms with Crippen LogP contribution in [0.5, 0.6) is 5.75 Å². The molecule has 5 nitrogen and oxygen atoms in total. The SMILES string of the molecule is Cn1nnc(CSc2ccc(O)cc2)n1. The maximum atomic E-state index is 9.10. The summed E-state index contributed by atoms with van der Waals surface area (Å²) < 4.78 is 0. The first-order chi connectivity index (χ1) is 7.24. The largest absolute Gasteiger partial charge is 0.508 e. The molecule has 0 spiro atoms. The number of aromatic hydroxyl groups is 1. The second kappa shape index (κ2) is 4.31. The summed E-state index contributed by atoms with van der Waals surface area (Å²) in [5.41, 5.74) is 0. The second-order valence-corrected chi connectivity index (χ2v) is 4.03. The van der Waals surface area contributed by atoms with Crippen LogP contribution in [-0.2, 0) is 12.8 Å². The molecule has 1 heterocycles. The number of hydrogen-bond acceptors (Lipinski definition) is 5. The van der Waals surface area contributed by atoms with Crippen LogP contribution >= 0.6 is 11.8 Å². The Kier molecular flexibility index (Phi) is 2.86. The molecule has 0 fully saturated rings. The Labute approximate surface area is 91.1 Å². The number of thioether (sulfide) groups is 1. The molecule has 0 bridgehead atoms. The predicted octanol–water partition coefficient (Wildman–Crippen LogP) is 1.21. The third-order valence-electron chi connectivity index (χ3n) is 1.75. The van der Waals surface area contributed by atoms with Crippen molar-refractivity contribution in [3.05, 3.63) is 30.1 Å². The van der Waals surface area contributed by atoms with E-state index in [1.54, 1.807) is 30.9 Å². The maximum Gasteiger partial charge on any atom is 0.184 e. The zero-order valence-corrected chi connectivity index (χ0v) is 8.98. The Morgan fingerprint density at radius 3 is 2.67 bits per heavy atom. The van der Waals surface area contributed by atoms with Crippen LogP contribution in [0.25, 0.3) is 0 Å². The molecular formula is C9H10N4OS. The molecule has 15 heavy (non-hydrogen) atoms. The first-order valence-corrected chi connectivity index (χ1v) is 5.37. The fourth-order valence-electron chi connectivity index (χ4n) is 1.07. The molecule has 1 N–H and O–H groups in total. The van der Waals surface area contributed by atoms with E-state index in [1.165, 1.54) is 4.80 Å². The van der Waals surface area contributed by atoms with Gasteiger partial charge in [0.1, 0.15) is 5.75 Å². The van der Waals surface area contributed by atoms with E-state index < -0.39 is 0 Å². The molecule has 0 radical (unpaired) electrons. The van der Waals surface area contributed by atoms with Gasteiger partial charge in [0.15, 0.2) is 5.82 Å². The average Bonchev–Trinajstić information content (AvgIpc) is 2.64. The summed E-state index contributed by atoms with van der Waals surface area (Å²) in [6, 6.07) is 7.03. The topological polar surface area (TPSA) is 63.8 Å². The van der Waals surface area contributed by atoms with Crippen molar-refractivity contribution < 1.29 is 5.11 Å². The van der Waals surface area contributed by atoms with Crippen molar-refractivity contribution in [2.75, 3.05) is 0 Å². The highest BCUT2D eigenvalue weighted by molar-refractivity contribution is 7.98. The van der Waals surface area contributed by atoms with E-state index >= 15 is 0 Å². The van der Waals surface area contributed by atoms with Crippen LogP contribution in [0.2, 0.25) is 0 Å². The van der Waals surface area contributed by atoms with Gasteiger partial charge >= 0.3 is 0 Å². The monoisotopic (exact) mass is 222 g/mol. The number of aryl methyl sites for hydroxylation is 1. The van der Waals surface area contributed by atoms with Gasteiger partial charge < -0.3 is 5.11 Å². The molecule has 2 rings (SSSR count). The number of aromatic nitrogens is 4. The summed E-state index contributed by atoms with van der Waals surface area (Å²) in [5.74, 6) is 1.66. The van der Waals surface area contributed by atoms with E-state index in [0.29, 0.717) is 11.6 Å². The standard InChI is InChI=1S/C9H10N4OS/c1-13-11-9(10-12-13)6-15-8-4-2-7(14)3-5-8/h2-5,14H,6H2,1H3. The molecule has 0 aliphatic rings. The van der Waals surface area contributed by atoms with Crippen LogP contribution in [0.4, 0.5) is 0 Å². The van der Waals surface area contributed by atoms with Gasteiger partial charge in [-0.15, -0.1) is 22.0 Å². The highest BCUT2D eigenvalue weighted by Crippen LogP contribution is 2.22. The van der Waals surface area contributed by atoms with Gasteiger partial charge in [0.05, 0.1) is 12.8 Å². The fraction of sp³-hybridized carbons (Fsp3) is 0.222. The van der Waals surface area contributed by atoms with Crippen molar-refractivity contribution in [3.8, 4) is 5.75 Å². The molecule has 0 amide bonds. The molecule has 0 saturated carbocycles. The minimum atomic E-state index is 0.275. The first kappa shape index (κ1) is 9.97. The van der Waals surface area contributed by atoms with Crippen molar-refractivity contribution >= 4 is 11.8 Å². The molecule has 1 aromatic carbocycles. The smallest absolute Gasteiger partial charge is 0.184 e. The third kappa shape index (κ3) is 2.69. The lowest BCUT2D eigenvalue weighted by Crippen LogP contribution is -1.92. The van der Waals surface area contributed by atoms with E-state index in [0.717, 1.165) is 4.90 Å². The van der Waals surface area contributed by atoms with Gasteiger partial charge in [-0.05, 0) is 29.5 Å². The molecule has 0 unspecified atom stereocenters. The van der Waals surface area contributed by atoms with Gasteiger partial charge in [0.25, 0.3) is 0 Å². The predicted molar refractivity (Wildman–Crippen MR) is 56.5 cm³/mol. The average molecular weight is 222 g/mol. The summed E-state index contributed by atoms with van der Waals surface area (Å²) >= 11 is 1.61. The van der Waals surface area contributed by atoms with Crippen LogP contribution in [0.15, 0.2) is 29.2 Å². The zero-order chi connectivity index (χ0) is 10.7. The number of hydrogen-bond donors (Lipinski definition) is 1. The van der Waals surface area contributed by atoms with Gasteiger partial charge in [-0.2, -0.15) is 4.80 Å². The van der Waals surface area contributed by atoms with E-state index in [2.05, 4.69) is 15.4 Å². The number of rotatable bonds is 3. The number of phenolic OH excluding ortho intramolecular Hbond substituents is 1. The molecule has 6 heteroatoms. The lowest BCUT2D eigenvalue weighted by atomic mass is 10.3. The van der Waals surface area contributed by atoms with E-state index in [-0.39, 0.29) is 5.75 Å². The minimum absolute atomic E-state index is 0.275. The fourth-order valence-corrected chi connectivity index (χ4v) is 1.81. The summed E-state index contributed by atoms with van der Waals surface area (Å²) in [7, 11) is 1.74. The van der Waals surface area contributed by atoms with Crippen LogP contribution < -0.4 is 0 Å². The first-order valence-electron chi connectivity index (χ1n) is 4.39. The molecule has 1 aromatic heterocycles. The normalized spacial score (nSPS) is 10.5. The number of benzene rings is 1. The highest BCUT2D eigenvalue weighted by atomic mass is 32.2.